The summed E-state index contributed by atoms with van der Waals surface area (Å²) in [5.74, 6) is -0.0591. The molecule has 0 aliphatic rings. The van der Waals surface area contributed by atoms with Crippen molar-refractivity contribution in [3.05, 3.63) is 0 Å². The Kier molecular flexibility index (Phi) is 40.3. The molecule has 6 heteroatoms. The van der Waals surface area contributed by atoms with Crippen LogP contribution in [0.3, 0.4) is 0 Å². The van der Waals surface area contributed by atoms with Gasteiger partial charge in [0.25, 0.3) is 0 Å². The lowest BCUT2D eigenvalue weighted by Gasteiger charge is -2.18. The molecule has 0 N–H and O–H groups in total. The van der Waals surface area contributed by atoms with Crippen molar-refractivity contribution >= 4 is 17.9 Å². The van der Waals surface area contributed by atoms with Crippen LogP contribution in [0.25, 0.3) is 0 Å². The molecule has 0 aromatic heterocycles. The van der Waals surface area contributed by atoms with E-state index in [1.54, 1.807) is 0 Å². The van der Waals surface area contributed by atoms with E-state index in [-0.39, 0.29) is 31.1 Å². The van der Waals surface area contributed by atoms with E-state index >= 15 is 0 Å². The number of ether oxygens (including phenoxy) is 3. The second kappa shape index (κ2) is 41.6. The van der Waals surface area contributed by atoms with Crippen LogP contribution in [-0.4, -0.2) is 37.2 Å². The number of carbonyl (C=O) groups excluding carboxylic acids is 3. The molecule has 6 nitrogen and oxygen atoms in total. The van der Waals surface area contributed by atoms with E-state index in [9.17, 15) is 14.4 Å². The highest BCUT2D eigenvalue weighted by Crippen LogP contribution is 2.16. The largest absolute Gasteiger partial charge is 0.462 e. The lowest BCUT2D eigenvalue weighted by atomic mass is 10.0. The maximum absolute atomic E-state index is 12.7. The number of hydrogen-bond acceptors (Lipinski definition) is 6. The van der Waals surface area contributed by atoms with Crippen molar-refractivity contribution in [2.45, 2.75) is 265 Å². The van der Waals surface area contributed by atoms with Crippen molar-refractivity contribution in [3.63, 3.8) is 0 Å². The third-order valence-corrected chi connectivity index (χ3v) is 10.5. The SMILES string of the molecule is CCCCCCCCCCCCCCCCCCCCC(=O)O[C@@H](COC(=O)CCCCCCC)COC(=O)CCCCCCCCCCCC(C)C. The Bertz CT molecular complexity index is 796. The van der Waals surface area contributed by atoms with Gasteiger partial charge < -0.3 is 14.2 Å². The van der Waals surface area contributed by atoms with Gasteiger partial charge in [-0.1, -0.05) is 220 Å². The van der Waals surface area contributed by atoms with Gasteiger partial charge in [0.1, 0.15) is 13.2 Å². The zero-order valence-corrected chi connectivity index (χ0v) is 36.0. The predicted molar refractivity (Wildman–Crippen MR) is 224 cm³/mol. The molecular weight excluding hydrogens is 661 g/mol. The average molecular weight is 751 g/mol. The Morgan fingerprint density at radius 2 is 0.623 bits per heavy atom. The van der Waals surface area contributed by atoms with Crippen molar-refractivity contribution in [2.75, 3.05) is 13.2 Å². The van der Waals surface area contributed by atoms with E-state index in [1.807, 2.05) is 0 Å². The molecule has 0 aromatic rings. The zero-order chi connectivity index (χ0) is 38.9. The number of unbranched alkanes of at least 4 members (excludes halogenated alkanes) is 29. The lowest BCUT2D eigenvalue weighted by molar-refractivity contribution is -0.167. The second-order valence-corrected chi connectivity index (χ2v) is 16.5. The van der Waals surface area contributed by atoms with Gasteiger partial charge in [0.15, 0.2) is 6.10 Å². The number of rotatable bonds is 42. The highest BCUT2D eigenvalue weighted by atomic mass is 16.6. The molecule has 0 aliphatic heterocycles. The van der Waals surface area contributed by atoms with Gasteiger partial charge in [-0.3, -0.25) is 14.4 Å². The van der Waals surface area contributed by atoms with E-state index in [0.717, 1.165) is 70.1 Å². The maximum atomic E-state index is 12.7. The zero-order valence-electron chi connectivity index (χ0n) is 36.0. The van der Waals surface area contributed by atoms with E-state index < -0.39 is 6.10 Å². The molecule has 0 unspecified atom stereocenters. The summed E-state index contributed by atoms with van der Waals surface area (Å²) in [6.07, 6.45) is 41.2. The topological polar surface area (TPSA) is 78.9 Å². The normalized spacial score (nSPS) is 11.9. The summed E-state index contributed by atoms with van der Waals surface area (Å²) in [6.45, 7) is 8.90. The number of esters is 3. The van der Waals surface area contributed by atoms with Crippen LogP contribution in [0.4, 0.5) is 0 Å². The predicted octanol–water partition coefficient (Wildman–Crippen LogP) is 14.7. The van der Waals surface area contributed by atoms with Gasteiger partial charge in [-0.2, -0.15) is 0 Å². The van der Waals surface area contributed by atoms with Crippen LogP contribution in [0, 0.1) is 5.92 Å². The van der Waals surface area contributed by atoms with Gasteiger partial charge in [0.2, 0.25) is 0 Å². The maximum Gasteiger partial charge on any atom is 0.306 e. The quantitative estimate of drug-likeness (QED) is 0.0351. The van der Waals surface area contributed by atoms with Crippen molar-refractivity contribution in [1.29, 1.82) is 0 Å². The molecule has 0 amide bonds. The molecule has 0 bridgehead atoms. The first kappa shape index (κ1) is 51.4. The van der Waals surface area contributed by atoms with E-state index in [1.165, 1.54) is 148 Å². The fourth-order valence-corrected chi connectivity index (χ4v) is 6.98. The van der Waals surface area contributed by atoms with Crippen LogP contribution in [0.15, 0.2) is 0 Å². The fraction of sp³-hybridized carbons (Fsp3) is 0.936. The summed E-state index contributed by atoms with van der Waals surface area (Å²) in [5.41, 5.74) is 0. The summed E-state index contributed by atoms with van der Waals surface area (Å²) in [6, 6.07) is 0. The minimum Gasteiger partial charge on any atom is -0.462 e. The Morgan fingerprint density at radius 1 is 0.358 bits per heavy atom. The highest BCUT2D eigenvalue weighted by molar-refractivity contribution is 5.71. The highest BCUT2D eigenvalue weighted by Gasteiger charge is 2.19. The molecule has 0 spiro atoms. The second-order valence-electron chi connectivity index (χ2n) is 16.5. The minimum atomic E-state index is -0.758. The van der Waals surface area contributed by atoms with Crippen LogP contribution in [0.5, 0.6) is 0 Å². The van der Waals surface area contributed by atoms with Gasteiger partial charge in [0, 0.05) is 19.3 Å². The first-order valence-corrected chi connectivity index (χ1v) is 23.4. The molecule has 0 fully saturated rings. The van der Waals surface area contributed by atoms with Crippen LogP contribution in [-0.2, 0) is 28.6 Å². The van der Waals surface area contributed by atoms with Crippen LogP contribution >= 0.6 is 0 Å². The first-order valence-electron chi connectivity index (χ1n) is 23.4. The van der Waals surface area contributed by atoms with E-state index in [4.69, 9.17) is 14.2 Å². The third kappa shape index (κ3) is 41.4. The Labute approximate surface area is 329 Å². The average Bonchev–Trinajstić information content (AvgIpc) is 3.14. The third-order valence-electron chi connectivity index (χ3n) is 10.5. The Morgan fingerprint density at radius 3 is 0.925 bits per heavy atom. The molecule has 0 radical (unpaired) electrons. The molecule has 0 saturated carbocycles. The van der Waals surface area contributed by atoms with E-state index in [0.29, 0.717) is 19.3 Å². The molecule has 314 valence electrons. The molecule has 53 heavy (non-hydrogen) atoms. The minimum absolute atomic E-state index is 0.0652. The van der Waals surface area contributed by atoms with Gasteiger partial charge in [-0.25, -0.2) is 0 Å². The van der Waals surface area contributed by atoms with Gasteiger partial charge in [-0.05, 0) is 25.2 Å². The smallest absolute Gasteiger partial charge is 0.306 e. The summed E-state index contributed by atoms with van der Waals surface area (Å²) in [7, 11) is 0. The monoisotopic (exact) mass is 751 g/mol. The van der Waals surface area contributed by atoms with Crippen molar-refractivity contribution in [2.24, 2.45) is 5.92 Å². The van der Waals surface area contributed by atoms with Crippen molar-refractivity contribution in [1.82, 2.24) is 0 Å². The summed E-state index contributed by atoms with van der Waals surface area (Å²) in [4.78, 5) is 37.5. The first-order chi connectivity index (χ1) is 25.9. The van der Waals surface area contributed by atoms with Gasteiger partial charge >= 0.3 is 17.9 Å². The summed E-state index contributed by atoms with van der Waals surface area (Å²) < 4.78 is 16.6. The van der Waals surface area contributed by atoms with Crippen molar-refractivity contribution < 1.29 is 28.6 Å². The summed E-state index contributed by atoms with van der Waals surface area (Å²) in [5, 5.41) is 0. The Hall–Kier alpha value is -1.59. The molecule has 0 saturated heterocycles. The molecule has 0 aliphatic carbocycles. The molecule has 0 rings (SSSR count). The molecule has 0 heterocycles. The van der Waals surface area contributed by atoms with Gasteiger partial charge in [0.05, 0.1) is 0 Å². The summed E-state index contributed by atoms with van der Waals surface area (Å²) >= 11 is 0. The number of carbonyl (C=O) groups is 3. The fourth-order valence-electron chi connectivity index (χ4n) is 6.98. The molecular formula is C47H90O6. The van der Waals surface area contributed by atoms with Crippen LogP contribution < -0.4 is 0 Å². The standard InChI is InChI=1S/C47H90O6/c1-5-7-9-11-12-13-14-15-16-17-18-19-20-21-24-28-32-36-40-47(50)53-44(41-51-45(48)38-34-29-10-8-6-2)42-52-46(49)39-35-31-27-25-22-23-26-30-33-37-43(3)4/h43-44H,5-42H2,1-4H3/t44-/m0/s1. The van der Waals surface area contributed by atoms with Crippen LogP contribution in [0.1, 0.15) is 259 Å². The lowest BCUT2D eigenvalue weighted by Crippen LogP contribution is -2.30. The van der Waals surface area contributed by atoms with Crippen molar-refractivity contribution in [3.8, 4) is 0 Å². The van der Waals surface area contributed by atoms with E-state index in [2.05, 4.69) is 27.7 Å². The van der Waals surface area contributed by atoms with Gasteiger partial charge in [-0.15, -0.1) is 0 Å². The van der Waals surface area contributed by atoms with Crippen LogP contribution in [0.2, 0.25) is 0 Å². The number of hydrogen-bond donors (Lipinski definition) is 0. The Balaban J connectivity index is 4.14. The molecule has 0 aromatic carbocycles. The molecule has 1 atom stereocenters.